The predicted octanol–water partition coefficient (Wildman–Crippen LogP) is 3.82. The molecule has 0 aliphatic rings. The van der Waals surface area contributed by atoms with Gasteiger partial charge in [-0.2, -0.15) is 0 Å². The zero-order valence-corrected chi connectivity index (χ0v) is 10.3. The Hall–Kier alpha value is -2.01. The maximum atomic E-state index is 10.8. The van der Waals surface area contributed by atoms with Crippen molar-refractivity contribution >= 4 is 17.7 Å². The Balaban J connectivity index is 1.97. The molecular formula is C13H11NO3S. The van der Waals surface area contributed by atoms with Gasteiger partial charge in [0.25, 0.3) is 0 Å². The SMILES string of the molecule is O=[N+]([O-])c1ccccc1OSCc1ccccc1. The lowest BCUT2D eigenvalue weighted by atomic mass is 10.2. The van der Waals surface area contributed by atoms with E-state index in [1.807, 2.05) is 30.3 Å². The maximum absolute atomic E-state index is 10.8. The Labute approximate surface area is 109 Å². The van der Waals surface area contributed by atoms with Gasteiger partial charge in [0.1, 0.15) is 0 Å². The minimum Gasteiger partial charge on any atom is -0.418 e. The van der Waals surface area contributed by atoms with E-state index in [0.717, 1.165) is 5.56 Å². The fourth-order valence-corrected chi connectivity index (χ4v) is 2.07. The van der Waals surface area contributed by atoms with Crippen molar-refractivity contribution in [2.75, 3.05) is 0 Å². The van der Waals surface area contributed by atoms with Crippen LogP contribution in [-0.4, -0.2) is 4.92 Å². The first-order valence-corrected chi connectivity index (χ1v) is 6.25. The molecule has 2 rings (SSSR count). The van der Waals surface area contributed by atoms with E-state index in [2.05, 4.69) is 0 Å². The molecule has 0 amide bonds. The van der Waals surface area contributed by atoms with Crippen molar-refractivity contribution in [2.45, 2.75) is 5.75 Å². The first kappa shape index (κ1) is 12.4. The molecule has 0 radical (unpaired) electrons. The summed E-state index contributed by atoms with van der Waals surface area (Å²) in [4.78, 5) is 10.3. The molecule has 0 bridgehead atoms. The Bertz CT molecular complexity index is 531. The second-order valence-electron chi connectivity index (χ2n) is 3.56. The predicted molar refractivity (Wildman–Crippen MR) is 71.5 cm³/mol. The van der Waals surface area contributed by atoms with Crippen molar-refractivity contribution in [3.8, 4) is 5.75 Å². The normalized spacial score (nSPS) is 10.0. The van der Waals surface area contributed by atoms with Crippen LogP contribution in [0.25, 0.3) is 0 Å². The average molecular weight is 261 g/mol. The maximum Gasteiger partial charge on any atom is 0.312 e. The van der Waals surface area contributed by atoms with Crippen LogP contribution in [-0.2, 0) is 5.75 Å². The first-order chi connectivity index (χ1) is 8.77. The lowest BCUT2D eigenvalue weighted by Crippen LogP contribution is -1.92. The molecule has 4 nitrogen and oxygen atoms in total. The summed E-state index contributed by atoms with van der Waals surface area (Å²) in [6.45, 7) is 0. The third kappa shape index (κ3) is 3.24. The lowest BCUT2D eigenvalue weighted by Gasteiger charge is -2.04. The fraction of sp³-hybridized carbons (Fsp3) is 0.0769. The molecule has 2 aromatic carbocycles. The van der Waals surface area contributed by atoms with Gasteiger partial charge in [0.2, 0.25) is 5.75 Å². The van der Waals surface area contributed by atoms with E-state index >= 15 is 0 Å². The van der Waals surface area contributed by atoms with Gasteiger partial charge in [0, 0.05) is 6.07 Å². The number of para-hydroxylation sites is 2. The second kappa shape index (κ2) is 6.07. The molecule has 18 heavy (non-hydrogen) atoms. The third-order valence-electron chi connectivity index (χ3n) is 2.28. The Morgan fingerprint density at radius 2 is 1.72 bits per heavy atom. The van der Waals surface area contributed by atoms with E-state index in [4.69, 9.17) is 4.18 Å². The van der Waals surface area contributed by atoms with Crippen molar-refractivity contribution in [1.82, 2.24) is 0 Å². The number of nitro groups is 1. The topological polar surface area (TPSA) is 52.4 Å². The standard InChI is InChI=1S/C13H11NO3S/c15-14(16)12-8-4-5-9-13(12)17-18-10-11-6-2-1-3-7-11/h1-9H,10H2. The lowest BCUT2D eigenvalue weighted by molar-refractivity contribution is -0.385. The average Bonchev–Trinajstić information content (AvgIpc) is 2.40. The van der Waals surface area contributed by atoms with Crippen LogP contribution < -0.4 is 4.18 Å². The highest BCUT2D eigenvalue weighted by Gasteiger charge is 2.13. The van der Waals surface area contributed by atoms with Crippen molar-refractivity contribution in [3.05, 3.63) is 70.3 Å². The molecule has 2 aromatic rings. The molecule has 0 aromatic heterocycles. The van der Waals surface area contributed by atoms with Gasteiger partial charge in [0.15, 0.2) is 0 Å². The van der Waals surface area contributed by atoms with Crippen molar-refractivity contribution in [3.63, 3.8) is 0 Å². The van der Waals surface area contributed by atoms with E-state index in [1.165, 1.54) is 18.1 Å². The van der Waals surface area contributed by atoms with Crippen LogP contribution in [0.4, 0.5) is 5.69 Å². The van der Waals surface area contributed by atoms with E-state index < -0.39 is 4.92 Å². The zero-order valence-electron chi connectivity index (χ0n) is 9.48. The first-order valence-electron chi connectivity index (χ1n) is 5.34. The molecule has 5 heteroatoms. The Morgan fingerprint density at radius 1 is 1.06 bits per heavy atom. The summed E-state index contributed by atoms with van der Waals surface area (Å²) in [5.41, 5.74) is 1.10. The molecule has 0 aliphatic carbocycles. The van der Waals surface area contributed by atoms with Gasteiger partial charge in [-0.05, 0) is 11.6 Å². The molecule has 92 valence electrons. The van der Waals surface area contributed by atoms with E-state index in [1.54, 1.807) is 18.2 Å². The van der Waals surface area contributed by atoms with Gasteiger partial charge in [0.05, 0.1) is 22.7 Å². The summed E-state index contributed by atoms with van der Waals surface area (Å²) in [5.74, 6) is 0.927. The summed E-state index contributed by atoms with van der Waals surface area (Å²) >= 11 is 1.19. The summed E-state index contributed by atoms with van der Waals surface area (Å²) in [6, 6.07) is 16.1. The van der Waals surface area contributed by atoms with Gasteiger partial charge in [-0.3, -0.25) is 10.1 Å². The van der Waals surface area contributed by atoms with Gasteiger partial charge < -0.3 is 4.18 Å². The van der Waals surface area contributed by atoms with E-state index in [-0.39, 0.29) is 11.4 Å². The molecular weight excluding hydrogens is 250 g/mol. The van der Waals surface area contributed by atoms with Crippen molar-refractivity contribution in [2.24, 2.45) is 0 Å². The number of benzene rings is 2. The highest BCUT2D eigenvalue weighted by atomic mass is 32.2. The molecule has 0 N–H and O–H groups in total. The minimum absolute atomic E-state index is 0.0157. The number of hydrogen-bond acceptors (Lipinski definition) is 4. The van der Waals surface area contributed by atoms with Crippen molar-refractivity contribution in [1.29, 1.82) is 0 Å². The number of nitro benzene ring substituents is 1. The molecule has 0 atom stereocenters. The number of nitrogens with zero attached hydrogens (tertiary/aromatic N) is 1. The van der Waals surface area contributed by atoms with Crippen LogP contribution in [0.3, 0.4) is 0 Å². The van der Waals surface area contributed by atoms with Crippen LogP contribution in [0.5, 0.6) is 5.75 Å². The van der Waals surface area contributed by atoms with Crippen LogP contribution in [0.2, 0.25) is 0 Å². The Morgan fingerprint density at radius 3 is 2.44 bits per heavy atom. The van der Waals surface area contributed by atoms with Crippen LogP contribution in [0.15, 0.2) is 54.6 Å². The quantitative estimate of drug-likeness (QED) is 0.466. The Kier molecular flexibility index (Phi) is 4.20. The summed E-state index contributed by atoms with van der Waals surface area (Å²) in [7, 11) is 0. The zero-order chi connectivity index (χ0) is 12.8. The largest absolute Gasteiger partial charge is 0.418 e. The third-order valence-corrected chi connectivity index (χ3v) is 3.03. The minimum atomic E-state index is -0.446. The van der Waals surface area contributed by atoms with Gasteiger partial charge in [-0.15, -0.1) is 0 Å². The van der Waals surface area contributed by atoms with Crippen LogP contribution >= 0.6 is 12.0 Å². The molecule has 0 aliphatic heterocycles. The van der Waals surface area contributed by atoms with Gasteiger partial charge in [-0.1, -0.05) is 42.5 Å². The summed E-state index contributed by atoms with van der Waals surface area (Å²) < 4.78 is 5.38. The van der Waals surface area contributed by atoms with Crippen LogP contribution in [0.1, 0.15) is 5.56 Å². The number of rotatable bonds is 5. The summed E-state index contributed by atoms with van der Waals surface area (Å²) in [6.07, 6.45) is 0. The molecule has 0 saturated heterocycles. The second-order valence-corrected chi connectivity index (χ2v) is 4.25. The fourth-order valence-electron chi connectivity index (χ4n) is 1.41. The molecule has 0 heterocycles. The monoisotopic (exact) mass is 261 g/mol. The number of hydrogen-bond donors (Lipinski definition) is 0. The smallest absolute Gasteiger partial charge is 0.312 e. The highest BCUT2D eigenvalue weighted by molar-refractivity contribution is 7.94. The molecule has 0 saturated carbocycles. The van der Waals surface area contributed by atoms with Crippen LogP contribution in [0, 0.1) is 10.1 Å². The molecule has 0 fully saturated rings. The van der Waals surface area contributed by atoms with Gasteiger partial charge in [-0.25, -0.2) is 0 Å². The highest BCUT2D eigenvalue weighted by Crippen LogP contribution is 2.29. The van der Waals surface area contributed by atoms with E-state index in [9.17, 15) is 10.1 Å². The van der Waals surface area contributed by atoms with E-state index in [0.29, 0.717) is 5.75 Å². The molecule has 0 spiro atoms. The van der Waals surface area contributed by atoms with Gasteiger partial charge >= 0.3 is 5.69 Å². The van der Waals surface area contributed by atoms with Crippen molar-refractivity contribution < 1.29 is 9.11 Å². The molecule has 0 unspecified atom stereocenters. The summed E-state index contributed by atoms with van der Waals surface area (Å²) in [5, 5.41) is 10.8.